The van der Waals surface area contributed by atoms with Gasteiger partial charge in [-0.2, -0.15) is 0 Å². The van der Waals surface area contributed by atoms with Gasteiger partial charge in [0.1, 0.15) is 0 Å². The summed E-state index contributed by atoms with van der Waals surface area (Å²) in [6.07, 6.45) is 5.84. The molecule has 26 heavy (non-hydrogen) atoms. The Kier molecular flexibility index (Phi) is 8.84. The van der Waals surface area contributed by atoms with Crippen molar-refractivity contribution in [2.45, 2.75) is 42.5 Å². The molecule has 1 aliphatic carbocycles. The molecule has 7 nitrogen and oxygen atoms in total. The zero-order chi connectivity index (χ0) is 18.4. The van der Waals surface area contributed by atoms with E-state index in [1.807, 2.05) is 26.0 Å². The first-order chi connectivity index (χ1) is 11.9. The first-order valence-corrected chi connectivity index (χ1v) is 10.3. The molecule has 1 fully saturated rings. The average molecular weight is 439 g/mol. The standard InChI is InChI=1S/C8H11N3O.C8H10NO2S2.Co/c1-2-3-7-9-10-8(12)11(7)6-4-5-6;1-2-12-7-5-3-4-6-8(7)13(9,10)11;/h2-3,6H,4-5H2,1H3,(H,10,12);3-6H,2H2,1H3,(H-,9,10,11);/q;-1;+2/p-1/b3-2+;;. The SMILES string of the molecule is C/C=C/c1n[n-]c(=O)n1C1CC1.CCSc1ccccc1S([NH-])(=O)=O.[Co+2]. The summed E-state index contributed by atoms with van der Waals surface area (Å²) in [5.41, 5.74) is -0.217. The van der Waals surface area contributed by atoms with Crippen LogP contribution < -0.4 is 10.8 Å². The molecular weight excluding hydrogens is 419 g/mol. The summed E-state index contributed by atoms with van der Waals surface area (Å²) >= 11 is 1.43. The summed E-state index contributed by atoms with van der Waals surface area (Å²) in [6, 6.07) is 6.93. The van der Waals surface area contributed by atoms with Gasteiger partial charge in [-0.1, -0.05) is 38.0 Å². The van der Waals surface area contributed by atoms with Crippen molar-refractivity contribution in [2.75, 3.05) is 5.75 Å². The van der Waals surface area contributed by atoms with E-state index in [2.05, 4.69) is 10.2 Å². The Labute approximate surface area is 167 Å². The zero-order valence-electron chi connectivity index (χ0n) is 14.4. The summed E-state index contributed by atoms with van der Waals surface area (Å²) < 4.78 is 23.6. The van der Waals surface area contributed by atoms with Crippen LogP contribution in [0.5, 0.6) is 0 Å². The van der Waals surface area contributed by atoms with E-state index >= 15 is 0 Å². The van der Waals surface area contributed by atoms with Gasteiger partial charge in [-0.05, 0) is 36.9 Å². The Morgan fingerprint density at radius 1 is 1.38 bits per heavy atom. The summed E-state index contributed by atoms with van der Waals surface area (Å²) in [7, 11) is -3.83. The van der Waals surface area contributed by atoms with Crippen molar-refractivity contribution in [3.8, 4) is 0 Å². The van der Waals surface area contributed by atoms with Crippen molar-refractivity contribution in [3.63, 3.8) is 0 Å². The Hall–Kier alpha value is -1.33. The van der Waals surface area contributed by atoms with Crippen LogP contribution in [0.25, 0.3) is 11.2 Å². The minimum absolute atomic E-state index is 0. The molecule has 0 saturated heterocycles. The van der Waals surface area contributed by atoms with Crippen molar-refractivity contribution in [1.82, 2.24) is 14.8 Å². The van der Waals surface area contributed by atoms with Crippen LogP contribution in [0.1, 0.15) is 38.6 Å². The summed E-state index contributed by atoms with van der Waals surface area (Å²) in [4.78, 5) is 11.9. The molecule has 0 unspecified atom stereocenters. The molecule has 1 aromatic heterocycles. The number of aromatic nitrogens is 3. The maximum absolute atomic E-state index is 11.2. The van der Waals surface area contributed by atoms with Gasteiger partial charge >= 0.3 is 16.8 Å². The minimum atomic E-state index is -3.83. The van der Waals surface area contributed by atoms with Gasteiger partial charge in [-0.15, -0.1) is 11.8 Å². The maximum Gasteiger partial charge on any atom is 2.00 e. The largest absolute Gasteiger partial charge is 2.00 e. The molecular formula is C16H20CoN4O3S2. The number of allylic oxidation sites excluding steroid dienone is 1. The number of hydrogen-bond acceptors (Lipinski definition) is 5. The van der Waals surface area contributed by atoms with Crippen LogP contribution in [0.3, 0.4) is 0 Å². The fraction of sp³-hybridized carbons (Fsp3) is 0.375. The van der Waals surface area contributed by atoms with Gasteiger partial charge in [0, 0.05) is 4.90 Å². The van der Waals surface area contributed by atoms with E-state index < -0.39 is 10.0 Å². The van der Waals surface area contributed by atoms with E-state index in [4.69, 9.17) is 5.14 Å². The van der Waals surface area contributed by atoms with Crippen LogP contribution in [-0.2, 0) is 26.8 Å². The van der Waals surface area contributed by atoms with Crippen molar-refractivity contribution in [2.24, 2.45) is 0 Å². The van der Waals surface area contributed by atoms with E-state index in [0.29, 0.717) is 16.8 Å². The minimum Gasteiger partial charge on any atom is -0.560 e. The molecule has 3 rings (SSSR count). The Morgan fingerprint density at radius 3 is 2.58 bits per heavy atom. The topological polar surface area (TPSA) is 107 Å². The van der Waals surface area contributed by atoms with Crippen molar-refractivity contribution in [3.05, 3.63) is 51.8 Å². The van der Waals surface area contributed by atoms with E-state index in [1.165, 1.54) is 17.8 Å². The molecule has 0 bridgehead atoms. The van der Waals surface area contributed by atoms with Crippen LogP contribution in [0.2, 0.25) is 0 Å². The number of rotatable bonds is 5. The number of nitrogens with one attached hydrogen (secondary N) is 1. The predicted molar refractivity (Wildman–Crippen MR) is 99.1 cm³/mol. The fourth-order valence-corrected chi connectivity index (χ4v) is 3.97. The molecule has 1 saturated carbocycles. The third-order valence-corrected chi connectivity index (χ3v) is 5.38. The Morgan fingerprint density at radius 2 is 2.04 bits per heavy atom. The van der Waals surface area contributed by atoms with Gasteiger partial charge in [-0.3, -0.25) is 9.89 Å². The second kappa shape index (κ2) is 10.1. The summed E-state index contributed by atoms with van der Waals surface area (Å²) in [5.74, 6) is 1.48. The first kappa shape index (κ1) is 22.7. The van der Waals surface area contributed by atoms with Crippen LogP contribution in [0.4, 0.5) is 0 Å². The Balaban J connectivity index is 0.000000251. The van der Waals surface area contributed by atoms with Crippen molar-refractivity contribution >= 4 is 27.9 Å². The number of hydrogen-bond donors (Lipinski definition) is 0. The second-order valence-electron chi connectivity index (χ2n) is 5.33. The zero-order valence-corrected chi connectivity index (χ0v) is 17.1. The molecule has 0 spiro atoms. The molecule has 1 heterocycles. The normalized spacial score (nSPS) is 13.8. The third kappa shape index (κ3) is 6.13. The van der Waals surface area contributed by atoms with Crippen LogP contribution >= 0.6 is 11.8 Å². The fourth-order valence-electron chi connectivity index (χ4n) is 2.17. The molecule has 1 N–H and O–H groups in total. The van der Waals surface area contributed by atoms with E-state index in [-0.39, 0.29) is 27.4 Å². The van der Waals surface area contributed by atoms with E-state index in [9.17, 15) is 13.2 Å². The van der Waals surface area contributed by atoms with Crippen LogP contribution in [0, 0.1) is 0 Å². The van der Waals surface area contributed by atoms with Gasteiger partial charge in [0.2, 0.25) is 0 Å². The smallest absolute Gasteiger partial charge is 0.560 e. The molecule has 10 heteroatoms. The molecule has 0 atom stereocenters. The monoisotopic (exact) mass is 439 g/mol. The van der Waals surface area contributed by atoms with Gasteiger partial charge in [-0.25, -0.2) is 8.42 Å². The van der Waals surface area contributed by atoms with Crippen LogP contribution in [0.15, 0.2) is 44.9 Å². The average Bonchev–Trinajstić information content (AvgIpc) is 3.32. The number of nitrogens with zero attached hydrogens (tertiary/aromatic N) is 3. The molecule has 1 aliphatic rings. The molecule has 143 valence electrons. The maximum atomic E-state index is 11.2. The van der Waals surface area contributed by atoms with Gasteiger partial charge in [0.15, 0.2) is 5.69 Å². The molecule has 1 radical (unpaired) electrons. The summed E-state index contributed by atoms with van der Waals surface area (Å²) in [5, 5.41) is 14.2. The second-order valence-corrected chi connectivity index (χ2v) is 8.08. The first-order valence-electron chi connectivity index (χ1n) is 7.84. The van der Waals surface area contributed by atoms with Crippen molar-refractivity contribution in [1.29, 1.82) is 0 Å². The predicted octanol–water partition coefficient (Wildman–Crippen LogP) is 3.11. The summed E-state index contributed by atoms with van der Waals surface area (Å²) in [6.45, 7) is 3.84. The number of benzene rings is 1. The third-order valence-electron chi connectivity index (χ3n) is 3.36. The Bertz CT molecular complexity index is 902. The van der Waals surface area contributed by atoms with Crippen molar-refractivity contribution < 1.29 is 25.2 Å². The van der Waals surface area contributed by atoms with E-state index in [0.717, 1.165) is 18.6 Å². The van der Waals surface area contributed by atoms with Crippen LogP contribution in [-0.4, -0.2) is 23.8 Å². The number of sulfonamides is 1. The van der Waals surface area contributed by atoms with Gasteiger partial charge < -0.3 is 14.8 Å². The molecule has 2 aromatic rings. The molecule has 1 aromatic carbocycles. The molecule has 0 amide bonds. The molecule has 0 aliphatic heterocycles. The van der Waals surface area contributed by atoms with Gasteiger partial charge in [0.25, 0.3) is 0 Å². The van der Waals surface area contributed by atoms with Gasteiger partial charge in [0.05, 0.1) is 20.7 Å². The van der Waals surface area contributed by atoms with E-state index in [1.54, 1.807) is 22.8 Å². The quantitative estimate of drug-likeness (QED) is 0.663. The number of thioether (sulfide) groups is 1.